The summed E-state index contributed by atoms with van der Waals surface area (Å²) in [5.74, 6) is 0.130. The number of rotatable bonds is 1. The SMILES string of the molecule is Cc1ccc2c(c1)C(=O)C(=Cc1c[nH]c3cc(C)ccc13)S2. The lowest BCUT2D eigenvalue weighted by molar-refractivity contribution is 0.104. The van der Waals surface area contributed by atoms with Crippen molar-refractivity contribution in [3.8, 4) is 0 Å². The Hall–Kier alpha value is -2.26. The highest BCUT2D eigenvalue weighted by atomic mass is 32.2. The van der Waals surface area contributed by atoms with Gasteiger partial charge in [-0.25, -0.2) is 0 Å². The smallest absolute Gasteiger partial charge is 0.200 e. The molecule has 0 saturated heterocycles. The average molecular weight is 305 g/mol. The molecule has 0 saturated carbocycles. The highest BCUT2D eigenvalue weighted by Gasteiger charge is 2.26. The molecule has 2 nitrogen and oxygen atoms in total. The number of aromatic amines is 1. The quantitative estimate of drug-likeness (QED) is 0.633. The van der Waals surface area contributed by atoms with Crippen molar-refractivity contribution in [2.45, 2.75) is 18.7 Å². The number of nitrogens with one attached hydrogen (secondary N) is 1. The van der Waals surface area contributed by atoms with Gasteiger partial charge in [0.15, 0.2) is 0 Å². The molecule has 0 amide bonds. The molecule has 0 atom stereocenters. The molecule has 3 heteroatoms. The Morgan fingerprint density at radius 2 is 1.82 bits per heavy atom. The van der Waals surface area contributed by atoms with Crippen molar-refractivity contribution in [2.24, 2.45) is 0 Å². The number of hydrogen-bond acceptors (Lipinski definition) is 2. The minimum absolute atomic E-state index is 0.130. The number of ketones is 1. The van der Waals surface area contributed by atoms with Crippen molar-refractivity contribution in [3.63, 3.8) is 0 Å². The second kappa shape index (κ2) is 4.89. The second-order valence-electron chi connectivity index (χ2n) is 5.73. The maximum Gasteiger partial charge on any atom is 0.200 e. The van der Waals surface area contributed by atoms with Gasteiger partial charge in [0, 0.05) is 33.1 Å². The molecule has 0 aliphatic carbocycles. The summed E-state index contributed by atoms with van der Waals surface area (Å²) in [6.45, 7) is 4.09. The molecule has 0 radical (unpaired) electrons. The summed E-state index contributed by atoms with van der Waals surface area (Å²) in [7, 11) is 0. The molecule has 1 aliphatic rings. The number of Topliss-reactive ketones (excluding diaryl/α,β-unsaturated/α-hetero) is 1. The zero-order valence-corrected chi connectivity index (χ0v) is 13.3. The van der Waals surface area contributed by atoms with E-state index in [1.165, 1.54) is 5.56 Å². The Labute approximate surface area is 133 Å². The third kappa shape index (κ3) is 2.09. The van der Waals surface area contributed by atoms with E-state index >= 15 is 0 Å². The Balaban J connectivity index is 1.79. The lowest BCUT2D eigenvalue weighted by Gasteiger charge is -1.96. The van der Waals surface area contributed by atoms with Gasteiger partial charge in [-0.3, -0.25) is 4.79 Å². The number of aryl methyl sites for hydroxylation is 2. The average Bonchev–Trinajstić information content (AvgIpc) is 3.02. The first-order valence-electron chi connectivity index (χ1n) is 7.24. The zero-order chi connectivity index (χ0) is 15.3. The number of benzene rings is 2. The van der Waals surface area contributed by atoms with E-state index in [0.717, 1.165) is 37.4 Å². The van der Waals surface area contributed by atoms with E-state index in [0.29, 0.717) is 0 Å². The molecular weight excluding hydrogens is 290 g/mol. The van der Waals surface area contributed by atoms with Gasteiger partial charge in [-0.05, 0) is 43.7 Å². The van der Waals surface area contributed by atoms with Crippen molar-refractivity contribution in [1.29, 1.82) is 0 Å². The predicted molar refractivity (Wildman–Crippen MR) is 92.4 cm³/mol. The van der Waals surface area contributed by atoms with Crippen LogP contribution in [0.2, 0.25) is 0 Å². The fourth-order valence-electron chi connectivity index (χ4n) is 2.83. The number of carbonyl (C=O) groups is 1. The molecule has 3 aromatic rings. The van der Waals surface area contributed by atoms with Crippen molar-refractivity contribution in [2.75, 3.05) is 0 Å². The molecule has 0 spiro atoms. The third-order valence-corrected chi connectivity index (χ3v) is 5.08. The highest BCUT2D eigenvalue weighted by Crippen LogP contribution is 2.41. The van der Waals surface area contributed by atoms with Crippen LogP contribution >= 0.6 is 11.8 Å². The van der Waals surface area contributed by atoms with Gasteiger partial charge in [0.1, 0.15) is 0 Å². The van der Waals surface area contributed by atoms with Gasteiger partial charge in [0.05, 0.1) is 4.91 Å². The molecule has 0 unspecified atom stereocenters. The molecule has 108 valence electrons. The molecule has 1 aliphatic heterocycles. The normalized spacial score (nSPS) is 15.7. The maximum atomic E-state index is 12.6. The minimum Gasteiger partial charge on any atom is -0.361 e. The lowest BCUT2D eigenvalue weighted by Crippen LogP contribution is -1.94. The van der Waals surface area contributed by atoms with E-state index in [2.05, 4.69) is 36.2 Å². The largest absolute Gasteiger partial charge is 0.361 e. The maximum absolute atomic E-state index is 12.6. The van der Waals surface area contributed by atoms with E-state index in [-0.39, 0.29) is 5.78 Å². The van der Waals surface area contributed by atoms with Crippen LogP contribution in [0, 0.1) is 13.8 Å². The number of fused-ring (bicyclic) bond motifs is 2. The monoisotopic (exact) mass is 305 g/mol. The van der Waals surface area contributed by atoms with Gasteiger partial charge >= 0.3 is 0 Å². The molecule has 22 heavy (non-hydrogen) atoms. The summed E-state index contributed by atoms with van der Waals surface area (Å²) in [4.78, 5) is 17.7. The Kier molecular flexibility index (Phi) is 2.98. The molecule has 4 rings (SSSR count). The van der Waals surface area contributed by atoms with E-state index in [1.807, 2.05) is 31.3 Å². The van der Waals surface area contributed by atoms with Crippen molar-refractivity contribution >= 4 is 34.5 Å². The summed E-state index contributed by atoms with van der Waals surface area (Å²) in [5, 5.41) is 1.15. The molecule has 2 aromatic carbocycles. The van der Waals surface area contributed by atoms with E-state index < -0.39 is 0 Å². The summed E-state index contributed by atoms with van der Waals surface area (Å²) in [5.41, 5.74) is 5.34. The zero-order valence-electron chi connectivity index (χ0n) is 12.4. The second-order valence-corrected chi connectivity index (χ2v) is 6.82. The van der Waals surface area contributed by atoms with Gasteiger partial charge in [0.2, 0.25) is 5.78 Å². The number of H-pyrrole nitrogens is 1. The molecule has 2 heterocycles. The minimum atomic E-state index is 0.130. The standard InChI is InChI=1S/C19H15NOS/c1-11-4-6-17-15(7-11)19(21)18(22-17)9-13-10-20-16-8-12(2)3-5-14(13)16/h3-10,20H,1-2H3. The number of carbonyl (C=O) groups excluding carboxylic acids is 1. The van der Waals surface area contributed by atoms with Crippen LogP contribution in [0.3, 0.4) is 0 Å². The van der Waals surface area contributed by atoms with Gasteiger partial charge in [-0.1, -0.05) is 35.5 Å². The van der Waals surface area contributed by atoms with Crippen LogP contribution < -0.4 is 0 Å². The summed E-state index contributed by atoms with van der Waals surface area (Å²) >= 11 is 1.56. The number of aromatic nitrogens is 1. The van der Waals surface area contributed by atoms with Gasteiger partial charge in [-0.2, -0.15) is 0 Å². The van der Waals surface area contributed by atoms with Crippen molar-refractivity contribution < 1.29 is 4.79 Å². The summed E-state index contributed by atoms with van der Waals surface area (Å²) in [6.07, 6.45) is 3.97. The van der Waals surface area contributed by atoms with Gasteiger partial charge in [-0.15, -0.1) is 0 Å². The highest BCUT2D eigenvalue weighted by molar-refractivity contribution is 8.04. The van der Waals surface area contributed by atoms with Crippen LogP contribution in [-0.2, 0) is 0 Å². The van der Waals surface area contributed by atoms with Crippen LogP contribution in [-0.4, -0.2) is 10.8 Å². The van der Waals surface area contributed by atoms with Crippen LogP contribution in [0.1, 0.15) is 27.0 Å². The van der Waals surface area contributed by atoms with E-state index in [1.54, 1.807) is 11.8 Å². The molecule has 1 aromatic heterocycles. The number of thioether (sulfide) groups is 1. The van der Waals surface area contributed by atoms with E-state index in [9.17, 15) is 4.79 Å². The van der Waals surface area contributed by atoms with Crippen molar-refractivity contribution in [3.05, 3.63) is 69.8 Å². The summed E-state index contributed by atoms with van der Waals surface area (Å²) in [6, 6.07) is 12.4. The summed E-state index contributed by atoms with van der Waals surface area (Å²) < 4.78 is 0. The molecule has 0 bridgehead atoms. The van der Waals surface area contributed by atoms with Gasteiger partial charge in [0.25, 0.3) is 0 Å². The third-order valence-electron chi connectivity index (χ3n) is 3.98. The molecular formula is C19H15NOS. The first-order valence-corrected chi connectivity index (χ1v) is 8.06. The van der Waals surface area contributed by atoms with Crippen LogP contribution in [0.5, 0.6) is 0 Å². The number of allylic oxidation sites excluding steroid dienone is 1. The first kappa shape index (κ1) is 13.4. The number of hydrogen-bond donors (Lipinski definition) is 1. The predicted octanol–water partition coefficient (Wildman–Crippen LogP) is 5.11. The molecule has 0 fully saturated rings. The Bertz CT molecular complexity index is 949. The van der Waals surface area contributed by atoms with Crippen LogP contribution in [0.25, 0.3) is 17.0 Å². The fraction of sp³-hybridized carbons (Fsp3) is 0.105. The van der Waals surface area contributed by atoms with Crippen LogP contribution in [0.4, 0.5) is 0 Å². The first-order chi connectivity index (χ1) is 10.6. The van der Waals surface area contributed by atoms with Gasteiger partial charge < -0.3 is 4.98 Å². The topological polar surface area (TPSA) is 32.9 Å². The Morgan fingerprint density at radius 3 is 2.68 bits per heavy atom. The molecule has 1 N–H and O–H groups in total. The fourth-order valence-corrected chi connectivity index (χ4v) is 3.85. The Morgan fingerprint density at radius 1 is 1.05 bits per heavy atom. The van der Waals surface area contributed by atoms with Crippen molar-refractivity contribution in [1.82, 2.24) is 4.98 Å². The lowest BCUT2D eigenvalue weighted by atomic mass is 10.1. The van der Waals surface area contributed by atoms with Crippen LogP contribution in [0.15, 0.2) is 52.4 Å². The van der Waals surface area contributed by atoms with E-state index in [4.69, 9.17) is 0 Å².